The van der Waals surface area contributed by atoms with Gasteiger partial charge < -0.3 is 5.73 Å². The zero-order valence-corrected chi connectivity index (χ0v) is 9.53. The highest BCUT2D eigenvalue weighted by atomic mass is 32.2. The summed E-state index contributed by atoms with van der Waals surface area (Å²) in [6, 6.07) is 8.06. The van der Waals surface area contributed by atoms with Crippen molar-refractivity contribution in [3.05, 3.63) is 29.8 Å². The number of benzene rings is 1. The van der Waals surface area contributed by atoms with E-state index in [0.717, 1.165) is 17.2 Å². The van der Waals surface area contributed by atoms with E-state index in [4.69, 9.17) is 5.73 Å². The number of nitrogen functional groups attached to an aromatic ring is 1. The van der Waals surface area contributed by atoms with E-state index in [1.54, 1.807) is 0 Å². The molecule has 2 heteroatoms. The van der Waals surface area contributed by atoms with Crippen molar-refractivity contribution in [1.82, 2.24) is 0 Å². The first-order chi connectivity index (χ1) is 6.33. The van der Waals surface area contributed by atoms with Gasteiger partial charge in [-0.25, -0.2) is 0 Å². The maximum atomic E-state index is 5.62. The summed E-state index contributed by atoms with van der Waals surface area (Å²) in [6.45, 7) is 6.16. The molecule has 1 nitrogen and oxygen atoms in total. The Bertz CT molecular complexity index is 223. The van der Waals surface area contributed by atoms with Gasteiger partial charge in [0.1, 0.15) is 0 Å². The highest BCUT2D eigenvalue weighted by Crippen LogP contribution is 2.13. The largest absolute Gasteiger partial charge is 0.399 e. The molecule has 0 unspecified atom stereocenters. The second-order valence-corrected chi connectivity index (χ2v) is 3.66. The van der Waals surface area contributed by atoms with Crippen molar-refractivity contribution < 1.29 is 0 Å². The Labute approximate surface area is 85.7 Å². The van der Waals surface area contributed by atoms with Crippen molar-refractivity contribution in [3.8, 4) is 0 Å². The SMILES string of the molecule is CC.CCSCc1cccc(N)c1. The molecule has 1 rings (SSSR count). The fourth-order valence-corrected chi connectivity index (χ4v) is 1.52. The van der Waals surface area contributed by atoms with Gasteiger partial charge >= 0.3 is 0 Å². The van der Waals surface area contributed by atoms with E-state index in [2.05, 4.69) is 13.0 Å². The normalized spacial score (nSPS) is 8.85. The Morgan fingerprint density at radius 1 is 1.31 bits per heavy atom. The molecule has 0 saturated heterocycles. The molecule has 0 aliphatic carbocycles. The van der Waals surface area contributed by atoms with Crippen LogP contribution in [0, 0.1) is 0 Å². The first-order valence-corrected chi connectivity index (χ1v) is 5.90. The van der Waals surface area contributed by atoms with Gasteiger partial charge in [-0.15, -0.1) is 0 Å². The minimum Gasteiger partial charge on any atom is -0.399 e. The molecule has 0 aliphatic heterocycles. The van der Waals surface area contributed by atoms with Gasteiger partial charge in [0.05, 0.1) is 0 Å². The van der Waals surface area contributed by atoms with Gasteiger partial charge in [0.2, 0.25) is 0 Å². The number of rotatable bonds is 3. The van der Waals surface area contributed by atoms with E-state index in [-0.39, 0.29) is 0 Å². The van der Waals surface area contributed by atoms with Crippen molar-refractivity contribution in [1.29, 1.82) is 0 Å². The highest BCUT2D eigenvalue weighted by Gasteiger charge is 1.91. The van der Waals surface area contributed by atoms with Crippen LogP contribution in [0.25, 0.3) is 0 Å². The average molecular weight is 197 g/mol. The average Bonchev–Trinajstić information content (AvgIpc) is 2.18. The highest BCUT2D eigenvalue weighted by molar-refractivity contribution is 7.98. The minimum atomic E-state index is 0.860. The molecule has 1 aromatic carbocycles. The zero-order chi connectivity index (χ0) is 10.1. The molecule has 0 atom stereocenters. The quantitative estimate of drug-likeness (QED) is 0.750. The summed E-state index contributed by atoms with van der Waals surface area (Å²) in [4.78, 5) is 0. The number of anilines is 1. The van der Waals surface area contributed by atoms with Gasteiger partial charge in [0.15, 0.2) is 0 Å². The summed E-state index contributed by atoms with van der Waals surface area (Å²) in [5.74, 6) is 2.23. The predicted molar refractivity (Wildman–Crippen MR) is 64.0 cm³/mol. The van der Waals surface area contributed by atoms with Crippen LogP contribution < -0.4 is 5.73 Å². The van der Waals surface area contributed by atoms with Crippen molar-refractivity contribution in [2.75, 3.05) is 11.5 Å². The summed E-state index contributed by atoms with van der Waals surface area (Å²) in [5, 5.41) is 0. The van der Waals surface area contributed by atoms with E-state index in [1.807, 2.05) is 43.8 Å². The van der Waals surface area contributed by atoms with Gasteiger partial charge in [0.25, 0.3) is 0 Å². The number of hydrogen-bond acceptors (Lipinski definition) is 2. The summed E-state index contributed by atoms with van der Waals surface area (Å²) < 4.78 is 0. The molecule has 0 saturated carbocycles. The van der Waals surface area contributed by atoms with E-state index in [1.165, 1.54) is 5.56 Å². The van der Waals surface area contributed by atoms with Gasteiger partial charge in [-0.2, -0.15) is 11.8 Å². The van der Waals surface area contributed by atoms with Crippen molar-refractivity contribution in [2.45, 2.75) is 26.5 Å². The van der Waals surface area contributed by atoms with Gasteiger partial charge in [-0.1, -0.05) is 32.9 Å². The van der Waals surface area contributed by atoms with Crippen LogP contribution in [0.3, 0.4) is 0 Å². The fourth-order valence-electron chi connectivity index (χ4n) is 0.903. The van der Waals surface area contributed by atoms with Crippen LogP contribution in [0.1, 0.15) is 26.3 Å². The van der Waals surface area contributed by atoms with E-state index in [0.29, 0.717) is 0 Å². The standard InChI is InChI=1S/C9H13NS.C2H6/c1-2-11-7-8-4-3-5-9(10)6-8;1-2/h3-6H,2,7,10H2,1H3;1-2H3. The second-order valence-electron chi connectivity index (χ2n) is 2.38. The van der Waals surface area contributed by atoms with Crippen LogP contribution in [-0.2, 0) is 5.75 Å². The molecule has 0 aromatic heterocycles. The molecule has 0 radical (unpaired) electrons. The lowest BCUT2D eigenvalue weighted by atomic mass is 10.2. The first-order valence-electron chi connectivity index (χ1n) is 4.75. The van der Waals surface area contributed by atoms with Crippen LogP contribution in [-0.4, -0.2) is 5.75 Å². The lowest BCUT2D eigenvalue weighted by Gasteiger charge is -1.99. The smallest absolute Gasteiger partial charge is 0.0317 e. The van der Waals surface area contributed by atoms with E-state index >= 15 is 0 Å². The number of nitrogens with two attached hydrogens (primary N) is 1. The van der Waals surface area contributed by atoms with Crippen LogP contribution in [0.5, 0.6) is 0 Å². The Hall–Kier alpha value is -0.630. The van der Waals surface area contributed by atoms with Gasteiger partial charge in [0, 0.05) is 11.4 Å². The number of hydrogen-bond donors (Lipinski definition) is 1. The summed E-state index contributed by atoms with van der Waals surface area (Å²) in [5.41, 5.74) is 7.80. The van der Waals surface area contributed by atoms with Crippen LogP contribution in [0.4, 0.5) is 5.69 Å². The Balaban J connectivity index is 0.000000671. The fraction of sp³-hybridized carbons (Fsp3) is 0.455. The van der Waals surface area contributed by atoms with Crippen molar-refractivity contribution in [2.24, 2.45) is 0 Å². The maximum Gasteiger partial charge on any atom is 0.0317 e. The first kappa shape index (κ1) is 12.4. The lowest BCUT2D eigenvalue weighted by Crippen LogP contribution is -1.86. The minimum absolute atomic E-state index is 0.860. The summed E-state index contributed by atoms with van der Waals surface area (Å²) in [7, 11) is 0. The summed E-state index contributed by atoms with van der Waals surface area (Å²) >= 11 is 1.91. The van der Waals surface area contributed by atoms with Crippen LogP contribution in [0.2, 0.25) is 0 Å². The molecule has 1 aromatic rings. The molecular formula is C11H19NS. The maximum absolute atomic E-state index is 5.62. The molecule has 0 aliphatic rings. The molecule has 0 amide bonds. The molecule has 0 fully saturated rings. The number of thioether (sulfide) groups is 1. The third kappa shape index (κ3) is 5.58. The molecule has 13 heavy (non-hydrogen) atoms. The third-order valence-corrected chi connectivity index (χ3v) is 2.37. The molecule has 0 spiro atoms. The van der Waals surface area contributed by atoms with E-state index in [9.17, 15) is 0 Å². The van der Waals surface area contributed by atoms with Gasteiger partial charge in [-0.3, -0.25) is 0 Å². The topological polar surface area (TPSA) is 26.0 Å². The lowest BCUT2D eigenvalue weighted by molar-refractivity contribution is 1.40. The monoisotopic (exact) mass is 197 g/mol. The van der Waals surface area contributed by atoms with Crippen molar-refractivity contribution >= 4 is 17.4 Å². The van der Waals surface area contributed by atoms with E-state index < -0.39 is 0 Å². The molecule has 0 bridgehead atoms. The third-order valence-electron chi connectivity index (χ3n) is 1.42. The van der Waals surface area contributed by atoms with Gasteiger partial charge in [-0.05, 0) is 23.4 Å². The second kappa shape index (κ2) is 7.99. The molecule has 0 heterocycles. The Morgan fingerprint density at radius 3 is 2.54 bits per heavy atom. The van der Waals surface area contributed by atoms with Crippen LogP contribution >= 0.6 is 11.8 Å². The Kier molecular flexibility index (Phi) is 7.60. The Morgan fingerprint density at radius 2 is 2.00 bits per heavy atom. The molecule has 74 valence electrons. The zero-order valence-electron chi connectivity index (χ0n) is 8.71. The van der Waals surface area contributed by atoms with Crippen molar-refractivity contribution in [3.63, 3.8) is 0 Å². The predicted octanol–water partition coefficient (Wildman–Crippen LogP) is 3.55. The van der Waals surface area contributed by atoms with Crippen LogP contribution in [0.15, 0.2) is 24.3 Å². The molecule has 2 N–H and O–H groups in total. The molecular weight excluding hydrogens is 178 g/mol. The summed E-state index contributed by atoms with van der Waals surface area (Å²) in [6.07, 6.45) is 0.